The smallest absolute Gasteiger partial charge is 0.251 e. The van der Waals surface area contributed by atoms with Gasteiger partial charge in [0.1, 0.15) is 0 Å². The predicted octanol–water partition coefficient (Wildman–Crippen LogP) is 3.21. The van der Waals surface area contributed by atoms with Gasteiger partial charge < -0.3 is 10.1 Å². The van der Waals surface area contributed by atoms with Crippen LogP contribution >= 0.6 is 0 Å². The maximum atomic E-state index is 12.7. The summed E-state index contributed by atoms with van der Waals surface area (Å²) < 4.78 is 8.24. The number of nitrogens with zero attached hydrogens (tertiary/aromatic N) is 4. The van der Waals surface area contributed by atoms with Crippen molar-refractivity contribution in [2.75, 3.05) is 19.6 Å². The number of aromatic nitrogens is 3. The van der Waals surface area contributed by atoms with Gasteiger partial charge >= 0.3 is 0 Å². The number of piperidine rings is 1. The van der Waals surface area contributed by atoms with Crippen LogP contribution in [0.2, 0.25) is 0 Å². The van der Waals surface area contributed by atoms with Gasteiger partial charge in [0, 0.05) is 56.5 Å². The minimum atomic E-state index is -0.0734. The molecule has 2 aliphatic rings. The van der Waals surface area contributed by atoms with Gasteiger partial charge in [0.2, 0.25) is 0 Å². The molecule has 1 atom stereocenters. The van der Waals surface area contributed by atoms with E-state index in [2.05, 4.69) is 32.4 Å². The topological polar surface area (TPSA) is 72.3 Å². The lowest BCUT2D eigenvalue weighted by Crippen LogP contribution is -2.44. The Bertz CT molecular complexity index is 1030. The van der Waals surface area contributed by atoms with Crippen molar-refractivity contribution in [1.82, 2.24) is 25.0 Å². The van der Waals surface area contributed by atoms with Crippen molar-refractivity contribution >= 4 is 5.91 Å². The van der Waals surface area contributed by atoms with E-state index in [0.29, 0.717) is 12.1 Å². The molecule has 2 saturated heterocycles. The zero-order valence-electron chi connectivity index (χ0n) is 18.2. The van der Waals surface area contributed by atoms with Crippen LogP contribution in [0.1, 0.15) is 41.6 Å². The van der Waals surface area contributed by atoms with Gasteiger partial charge in [0.15, 0.2) is 0 Å². The fourth-order valence-corrected chi connectivity index (χ4v) is 4.79. The molecule has 1 amide bonds. The summed E-state index contributed by atoms with van der Waals surface area (Å²) in [6, 6.07) is 13.5. The quantitative estimate of drug-likeness (QED) is 0.649. The second-order valence-electron chi connectivity index (χ2n) is 8.80. The third kappa shape index (κ3) is 4.74. The summed E-state index contributed by atoms with van der Waals surface area (Å²) in [5, 5.41) is 7.30. The molecule has 3 aromatic rings. The Morgan fingerprint density at radius 1 is 1.09 bits per heavy atom. The number of pyridine rings is 1. The monoisotopic (exact) mass is 431 g/mol. The number of nitrogens with one attached hydrogen (secondary N) is 1. The highest BCUT2D eigenvalue weighted by molar-refractivity contribution is 5.94. The Morgan fingerprint density at radius 2 is 1.94 bits per heavy atom. The number of rotatable bonds is 6. The van der Waals surface area contributed by atoms with Gasteiger partial charge in [-0.25, -0.2) is 4.68 Å². The van der Waals surface area contributed by atoms with Crippen LogP contribution in [-0.4, -0.2) is 56.9 Å². The van der Waals surface area contributed by atoms with Crippen molar-refractivity contribution in [2.24, 2.45) is 0 Å². The van der Waals surface area contributed by atoms with Crippen LogP contribution in [0.15, 0.2) is 67.3 Å². The number of likely N-dealkylation sites (tertiary alicyclic amines) is 1. The molecule has 2 fully saturated rings. The lowest BCUT2D eigenvalue weighted by Gasteiger charge is -2.39. The molecule has 7 nitrogen and oxygen atoms in total. The molecule has 0 saturated carbocycles. The van der Waals surface area contributed by atoms with Crippen molar-refractivity contribution in [1.29, 1.82) is 0 Å². The molecule has 1 N–H and O–H groups in total. The normalized spacial score (nSPS) is 20.4. The molecular weight excluding hydrogens is 402 g/mol. The average molecular weight is 432 g/mol. The minimum Gasteiger partial charge on any atom is -0.370 e. The highest BCUT2D eigenvalue weighted by atomic mass is 16.5. The first-order chi connectivity index (χ1) is 15.7. The van der Waals surface area contributed by atoms with E-state index in [-0.39, 0.29) is 17.6 Å². The molecule has 2 aliphatic heterocycles. The summed E-state index contributed by atoms with van der Waals surface area (Å²) >= 11 is 0. The van der Waals surface area contributed by atoms with Crippen molar-refractivity contribution in [3.8, 4) is 5.69 Å². The van der Waals surface area contributed by atoms with Crippen LogP contribution in [0.5, 0.6) is 0 Å². The van der Waals surface area contributed by atoms with Gasteiger partial charge in [-0.1, -0.05) is 6.07 Å². The van der Waals surface area contributed by atoms with E-state index in [1.165, 1.54) is 5.56 Å². The maximum absolute atomic E-state index is 12.7. The summed E-state index contributed by atoms with van der Waals surface area (Å²) in [5.74, 6) is -0.0734. The largest absolute Gasteiger partial charge is 0.370 e. The van der Waals surface area contributed by atoms with E-state index < -0.39 is 0 Å². The van der Waals surface area contributed by atoms with Gasteiger partial charge in [0.05, 0.1) is 17.4 Å². The molecule has 4 heterocycles. The summed E-state index contributed by atoms with van der Waals surface area (Å²) in [6.07, 6.45) is 11.6. The summed E-state index contributed by atoms with van der Waals surface area (Å²) in [7, 11) is 0. The molecule has 5 rings (SSSR count). The van der Waals surface area contributed by atoms with E-state index in [9.17, 15) is 4.79 Å². The number of hydrogen-bond donors (Lipinski definition) is 1. The lowest BCUT2D eigenvalue weighted by atomic mass is 9.88. The second kappa shape index (κ2) is 9.22. The zero-order chi connectivity index (χ0) is 21.8. The van der Waals surface area contributed by atoms with Crippen LogP contribution in [0, 0.1) is 0 Å². The molecule has 0 bridgehead atoms. The van der Waals surface area contributed by atoms with Gasteiger partial charge in [0.25, 0.3) is 5.91 Å². The van der Waals surface area contributed by atoms with Gasteiger partial charge in [-0.2, -0.15) is 5.10 Å². The minimum absolute atomic E-state index is 0.0237. The Balaban J connectivity index is 1.10. The first-order valence-electron chi connectivity index (χ1n) is 11.4. The highest BCUT2D eigenvalue weighted by Gasteiger charge is 2.42. The van der Waals surface area contributed by atoms with Crippen molar-refractivity contribution in [3.63, 3.8) is 0 Å². The number of carbonyl (C=O) groups excluding carboxylic acids is 1. The van der Waals surface area contributed by atoms with Crippen molar-refractivity contribution < 1.29 is 9.53 Å². The third-order valence-corrected chi connectivity index (χ3v) is 6.63. The number of carbonyl (C=O) groups is 1. The van der Waals surface area contributed by atoms with Crippen LogP contribution in [0.25, 0.3) is 5.69 Å². The fourth-order valence-electron chi connectivity index (χ4n) is 4.79. The highest BCUT2D eigenvalue weighted by Crippen LogP contribution is 2.39. The van der Waals surface area contributed by atoms with E-state index >= 15 is 0 Å². The number of hydrogen-bond acceptors (Lipinski definition) is 5. The molecular formula is C25H29N5O2. The predicted molar refractivity (Wildman–Crippen MR) is 121 cm³/mol. The lowest BCUT2D eigenvalue weighted by molar-refractivity contribution is -0.0764. The van der Waals surface area contributed by atoms with E-state index in [1.54, 1.807) is 10.9 Å². The number of ether oxygens (including phenoxy) is 1. The van der Waals surface area contributed by atoms with E-state index in [4.69, 9.17) is 4.74 Å². The van der Waals surface area contributed by atoms with Gasteiger partial charge in [-0.15, -0.1) is 0 Å². The number of benzene rings is 1. The van der Waals surface area contributed by atoms with E-state index in [0.717, 1.165) is 51.0 Å². The Morgan fingerprint density at radius 3 is 2.72 bits per heavy atom. The second-order valence-corrected chi connectivity index (χ2v) is 8.80. The molecule has 7 heteroatoms. The maximum Gasteiger partial charge on any atom is 0.251 e. The number of amides is 1. The first-order valence-corrected chi connectivity index (χ1v) is 11.4. The van der Waals surface area contributed by atoms with Crippen molar-refractivity contribution in [3.05, 3.63) is 78.4 Å². The summed E-state index contributed by atoms with van der Waals surface area (Å²) in [5.41, 5.74) is 2.79. The van der Waals surface area contributed by atoms with Crippen LogP contribution in [0.4, 0.5) is 0 Å². The molecule has 2 aromatic heterocycles. The van der Waals surface area contributed by atoms with Crippen LogP contribution in [-0.2, 0) is 11.3 Å². The molecule has 0 radical (unpaired) electrons. The molecule has 1 spiro atoms. The molecule has 32 heavy (non-hydrogen) atoms. The SMILES string of the molecule is O=C(NC[C@@H]1CCC2(CCN(Cc3ccncc3)CC2)O1)c1cccc(-n2cccn2)c1. The third-order valence-electron chi connectivity index (χ3n) is 6.63. The van der Waals surface area contributed by atoms with Gasteiger partial charge in [-0.05, 0) is 67.6 Å². The average Bonchev–Trinajstić information content (AvgIpc) is 3.51. The van der Waals surface area contributed by atoms with Gasteiger partial charge in [-0.3, -0.25) is 14.7 Å². The van der Waals surface area contributed by atoms with Crippen LogP contribution in [0.3, 0.4) is 0 Å². The fraction of sp³-hybridized carbons (Fsp3) is 0.400. The molecule has 1 aromatic carbocycles. The summed E-state index contributed by atoms with van der Waals surface area (Å²) in [6.45, 7) is 3.60. The Hall–Kier alpha value is -3.03. The Labute approximate surface area is 188 Å². The zero-order valence-corrected chi connectivity index (χ0v) is 18.2. The summed E-state index contributed by atoms with van der Waals surface area (Å²) in [4.78, 5) is 19.3. The molecule has 0 aliphatic carbocycles. The molecule has 166 valence electrons. The van der Waals surface area contributed by atoms with E-state index in [1.807, 2.05) is 48.9 Å². The Kier molecular flexibility index (Phi) is 6.01. The van der Waals surface area contributed by atoms with Crippen molar-refractivity contribution in [2.45, 2.75) is 43.9 Å². The molecule has 0 unspecified atom stereocenters. The standard InChI is InChI=1S/C25H29N5O2/c31-24(21-3-1-4-22(17-21)30-14-2-11-28-30)27-18-23-5-8-25(32-23)9-15-29(16-10-25)19-20-6-12-26-13-7-20/h1-4,6-7,11-14,17,23H,5,8-10,15-16,18-19H2,(H,27,31)/t23-/m0/s1. The van der Waals surface area contributed by atoms with Crippen LogP contribution < -0.4 is 5.32 Å². The first kappa shape index (κ1) is 20.8.